The van der Waals surface area contributed by atoms with Gasteiger partial charge in [0.1, 0.15) is 0 Å². The van der Waals surface area contributed by atoms with Gasteiger partial charge < -0.3 is 5.32 Å². The van der Waals surface area contributed by atoms with E-state index in [-0.39, 0.29) is 16.8 Å². The van der Waals surface area contributed by atoms with Crippen LogP contribution in [-0.4, -0.2) is 14.3 Å². The number of aryl methyl sites for hydroxylation is 4. The third-order valence-electron chi connectivity index (χ3n) is 5.25. The summed E-state index contributed by atoms with van der Waals surface area (Å²) in [5, 5.41) is 2.97. The predicted molar refractivity (Wildman–Crippen MR) is 125 cm³/mol. The minimum absolute atomic E-state index is 0.0841. The van der Waals surface area contributed by atoms with Crippen molar-refractivity contribution in [2.45, 2.75) is 45.6 Å². The number of amides is 1. The van der Waals surface area contributed by atoms with E-state index in [1.807, 2.05) is 45.9 Å². The van der Waals surface area contributed by atoms with E-state index in [9.17, 15) is 13.2 Å². The van der Waals surface area contributed by atoms with Crippen molar-refractivity contribution >= 4 is 21.6 Å². The van der Waals surface area contributed by atoms with Gasteiger partial charge in [0, 0.05) is 11.3 Å². The first-order chi connectivity index (χ1) is 14.6. The minimum atomic E-state index is -3.84. The molecule has 6 heteroatoms. The van der Waals surface area contributed by atoms with E-state index in [4.69, 9.17) is 0 Å². The molecule has 0 aliphatic heterocycles. The number of carbonyl (C=O) groups is 1. The fraction of sp³-hybridized carbons (Fsp3) is 0.240. The zero-order valence-electron chi connectivity index (χ0n) is 18.5. The van der Waals surface area contributed by atoms with Crippen LogP contribution in [-0.2, 0) is 10.0 Å². The highest BCUT2D eigenvalue weighted by molar-refractivity contribution is 7.92. The molecule has 0 aromatic heterocycles. The Balaban J connectivity index is 1.85. The molecule has 1 amide bonds. The highest BCUT2D eigenvalue weighted by Crippen LogP contribution is 2.23. The topological polar surface area (TPSA) is 75.3 Å². The Morgan fingerprint density at radius 1 is 0.839 bits per heavy atom. The molecule has 31 heavy (non-hydrogen) atoms. The molecule has 5 nitrogen and oxygen atoms in total. The summed E-state index contributed by atoms with van der Waals surface area (Å²) in [5.74, 6) is -0.320. The number of nitrogens with one attached hydrogen (secondary N) is 2. The average Bonchev–Trinajstić information content (AvgIpc) is 2.67. The lowest BCUT2D eigenvalue weighted by atomic mass is 10.00. The fourth-order valence-corrected chi connectivity index (χ4v) is 4.94. The molecule has 0 fully saturated rings. The molecule has 3 aromatic carbocycles. The Kier molecular flexibility index (Phi) is 6.51. The first kappa shape index (κ1) is 22.6. The van der Waals surface area contributed by atoms with Gasteiger partial charge in [0.25, 0.3) is 15.9 Å². The molecule has 162 valence electrons. The summed E-state index contributed by atoms with van der Waals surface area (Å²) in [7, 11) is -3.84. The zero-order chi connectivity index (χ0) is 22.8. The first-order valence-electron chi connectivity index (χ1n) is 10.1. The second-order valence-corrected chi connectivity index (χ2v) is 9.66. The van der Waals surface area contributed by atoms with Crippen LogP contribution < -0.4 is 10.0 Å². The third kappa shape index (κ3) is 5.33. The second kappa shape index (κ2) is 8.94. The number of benzene rings is 3. The van der Waals surface area contributed by atoms with E-state index >= 15 is 0 Å². The van der Waals surface area contributed by atoms with Gasteiger partial charge in [0.05, 0.1) is 10.9 Å². The van der Waals surface area contributed by atoms with Crippen LogP contribution in [0.15, 0.2) is 65.6 Å². The van der Waals surface area contributed by atoms with Gasteiger partial charge in [-0.05, 0) is 81.1 Å². The highest BCUT2D eigenvalue weighted by atomic mass is 32.2. The maximum atomic E-state index is 13.0. The number of rotatable bonds is 6. The van der Waals surface area contributed by atoms with Crippen molar-refractivity contribution in [2.24, 2.45) is 0 Å². The van der Waals surface area contributed by atoms with Gasteiger partial charge in [-0.3, -0.25) is 9.52 Å². The number of anilines is 1. The fourth-order valence-electron chi connectivity index (χ4n) is 3.62. The van der Waals surface area contributed by atoms with Gasteiger partial charge in [-0.1, -0.05) is 42.0 Å². The van der Waals surface area contributed by atoms with Crippen molar-refractivity contribution in [1.82, 2.24) is 5.32 Å². The number of sulfonamides is 1. The van der Waals surface area contributed by atoms with Crippen LogP contribution in [0.25, 0.3) is 0 Å². The summed E-state index contributed by atoms with van der Waals surface area (Å²) >= 11 is 0. The number of hydrogen-bond donors (Lipinski definition) is 2. The number of hydrogen-bond acceptors (Lipinski definition) is 3. The van der Waals surface area contributed by atoms with E-state index in [0.717, 1.165) is 22.3 Å². The van der Waals surface area contributed by atoms with E-state index < -0.39 is 10.0 Å². The van der Waals surface area contributed by atoms with Crippen LogP contribution in [0.2, 0.25) is 0 Å². The molecule has 0 aliphatic carbocycles. The van der Waals surface area contributed by atoms with Crippen LogP contribution in [0.1, 0.15) is 51.1 Å². The lowest BCUT2D eigenvalue weighted by molar-refractivity contribution is 0.0939. The quantitative estimate of drug-likeness (QED) is 0.557. The third-order valence-corrected chi connectivity index (χ3v) is 6.77. The molecular weight excluding hydrogens is 408 g/mol. The van der Waals surface area contributed by atoms with Gasteiger partial charge in [0.15, 0.2) is 0 Å². The Hall–Kier alpha value is -3.12. The van der Waals surface area contributed by atoms with Gasteiger partial charge in [-0.2, -0.15) is 0 Å². The molecule has 1 atom stereocenters. The van der Waals surface area contributed by atoms with Gasteiger partial charge in [-0.15, -0.1) is 0 Å². The van der Waals surface area contributed by atoms with E-state index in [2.05, 4.69) is 16.1 Å². The van der Waals surface area contributed by atoms with Crippen LogP contribution in [0.3, 0.4) is 0 Å². The van der Waals surface area contributed by atoms with Crippen molar-refractivity contribution in [3.8, 4) is 0 Å². The van der Waals surface area contributed by atoms with Gasteiger partial charge >= 0.3 is 0 Å². The Bertz CT molecular complexity index is 1230. The van der Waals surface area contributed by atoms with E-state index in [1.165, 1.54) is 6.07 Å². The molecule has 0 unspecified atom stereocenters. The summed E-state index contributed by atoms with van der Waals surface area (Å²) in [6.07, 6.45) is 0. The monoisotopic (exact) mass is 436 g/mol. The molecule has 0 bridgehead atoms. The normalized spacial score (nSPS) is 12.3. The van der Waals surface area contributed by atoms with Crippen molar-refractivity contribution in [1.29, 1.82) is 0 Å². The number of carbonyl (C=O) groups excluding carboxylic acids is 1. The summed E-state index contributed by atoms with van der Waals surface area (Å²) in [6.45, 7) is 9.56. The van der Waals surface area contributed by atoms with Crippen molar-refractivity contribution in [2.75, 3.05) is 4.72 Å². The second-order valence-electron chi connectivity index (χ2n) is 8.01. The zero-order valence-corrected chi connectivity index (χ0v) is 19.3. The molecule has 0 saturated heterocycles. The molecule has 3 aromatic rings. The predicted octanol–water partition coefficient (Wildman–Crippen LogP) is 5.21. The first-order valence-corrected chi connectivity index (χ1v) is 11.6. The highest BCUT2D eigenvalue weighted by Gasteiger charge is 2.20. The molecule has 0 saturated carbocycles. The molecule has 0 aliphatic rings. The SMILES string of the molecule is Cc1cccc(NS(=O)(=O)c2cc(C(=O)N[C@H](C)c3ccc(C)cc3C)ccc2C)c1. The van der Waals surface area contributed by atoms with Crippen LogP contribution in [0.5, 0.6) is 0 Å². The van der Waals surface area contributed by atoms with Crippen molar-refractivity contribution in [3.63, 3.8) is 0 Å². The smallest absolute Gasteiger partial charge is 0.262 e. The van der Waals surface area contributed by atoms with E-state index in [1.54, 1.807) is 37.3 Å². The Morgan fingerprint density at radius 2 is 1.55 bits per heavy atom. The maximum Gasteiger partial charge on any atom is 0.262 e. The van der Waals surface area contributed by atoms with Gasteiger partial charge in [-0.25, -0.2) is 8.42 Å². The lowest BCUT2D eigenvalue weighted by Crippen LogP contribution is -2.27. The maximum absolute atomic E-state index is 13.0. The molecule has 0 radical (unpaired) electrons. The Morgan fingerprint density at radius 3 is 2.23 bits per heavy atom. The Labute approximate surface area is 184 Å². The van der Waals surface area contributed by atoms with Crippen molar-refractivity contribution < 1.29 is 13.2 Å². The summed E-state index contributed by atoms with van der Waals surface area (Å²) in [5.41, 5.74) is 5.59. The van der Waals surface area contributed by atoms with Crippen molar-refractivity contribution in [3.05, 3.63) is 94.0 Å². The van der Waals surface area contributed by atoms with Crippen LogP contribution >= 0.6 is 0 Å². The molecule has 3 rings (SSSR count). The largest absolute Gasteiger partial charge is 0.346 e. The molecule has 0 heterocycles. The molecular formula is C25H28N2O3S. The summed E-state index contributed by atoms with van der Waals surface area (Å²) in [4.78, 5) is 13.0. The average molecular weight is 437 g/mol. The standard InChI is InChI=1S/C25H28N2O3S/c1-16-7-6-8-22(14-16)27-31(29,30)24-15-21(11-10-18(24)3)25(28)26-20(5)23-12-9-17(2)13-19(23)4/h6-15,20,27H,1-5H3,(H,26,28)/t20-/m1/s1. The summed E-state index contributed by atoms with van der Waals surface area (Å²) in [6, 6.07) is 17.8. The summed E-state index contributed by atoms with van der Waals surface area (Å²) < 4.78 is 28.6. The van der Waals surface area contributed by atoms with E-state index in [0.29, 0.717) is 16.8 Å². The van der Waals surface area contributed by atoms with Crippen LogP contribution in [0.4, 0.5) is 5.69 Å². The molecule has 2 N–H and O–H groups in total. The minimum Gasteiger partial charge on any atom is -0.346 e. The molecule has 0 spiro atoms. The van der Waals surface area contributed by atoms with Crippen LogP contribution in [0, 0.1) is 27.7 Å². The lowest BCUT2D eigenvalue weighted by Gasteiger charge is -2.18. The van der Waals surface area contributed by atoms with Gasteiger partial charge in [0.2, 0.25) is 0 Å².